The van der Waals surface area contributed by atoms with E-state index < -0.39 is 0 Å². The molecular formula is C17H20N8O. The molecule has 3 aromatic rings. The number of hydrogen-bond donors (Lipinski definition) is 2. The second-order valence-corrected chi connectivity index (χ2v) is 6.54. The van der Waals surface area contributed by atoms with Crippen LogP contribution in [0.15, 0.2) is 30.3 Å². The number of nitrogens with zero attached hydrogens (tertiary/aromatic N) is 6. The van der Waals surface area contributed by atoms with Gasteiger partial charge in [0.05, 0.1) is 17.9 Å². The number of carbonyl (C=O) groups is 1. The number of nitrogens with one attached hydrogen (secondary N) is 2. The van der Waals surface area contributed by atoms with Crippen molar-refractivity contribution >= 4 is 11.6 Å². The molecule has 0 saturated carbocycles. The van der Waals surface area contributed by atoms with Crippen LogP contribution < -0.4 is 5.32 Å². The monoisotopic (exact) mass is 352 g/mol. The van der Waals surface area contributed by atoms with E-state index >= 15 is 0 Å². The summed E-state index contributed by atoms with van der Waals surface area (Å²) >= 11 is 0. The van der Waals surface area contributed by atoms with E-state index in [4.69, 9.17) is 0 Å². The first kappa shape index (κ1) is 16.4. The summed E-state index contributed by atoms with van der Waals surface area (Å²) in [5.41, 5.74) is 2.79. The summed E-state index contributed by atoms with van der Waals surface area (Å²) in [4.78, 5) is 15.1. The highest BCUT2D eigenvalue weighted by Gasteiger charge is 2.22. The van der Waals surface area contributed by atoms with Gasteiger partial charge in [-0.2, -0.15) is 10.3 Å². The Bertz CT molecular complexity index is 915. The Balaban J connectivity index is 1.56. The molecule has 1 amide bonds. The zero-order valence-corrected chi connectivity index (χ0v) is 14.7. The predicted octanol–water partition coefficient (Wildman–Crippen LogP) is 1.54. The fraction of sp³-hybridized carbons (Fsp3) is 0.353. The van der Waals surface area contributed by atoms with Gasteiger partial charge in [-0.1, -0.05) is 12.1 Å². The van der Waals surface area contributed by atoms with Gasteiger partial charge in [0, 0.05) is 24.7 Å². The van der Waals surface area contributed by atoms with E-state index in [1.807, 2.05) is 28.9 Å². The van der Waals surface area contributed by atoms with Gasteiger partial charge < -0.3 is 5.32 Å². The maximum Gasteiger partial charge on any atom is 0.276 e. The van der Waals surface area contributed by atoms with E-state index in [9.17, 15) is 4.79 Å². The van der Waals surface area contributed by atoms with E-state index in [0.717, 1.165) is 25.3 Å². The Kier molecular flexibility index (Phi) is 4.21. The first-order chi connectivity index (χ1) is 12.6. The molecule has 9 heteroatoms. The maximum atomic E-state index is 12.7. The molecule has 26 heavy (non-hydrogen) atoms. The number of amides is 1. The van der Waals surface area contributed by atoms with E-state index in [1.165, 1.54) is 0 Å². The molecule has 0 atom stereocenters. The lowest BCUT2D eigenvalue weighted by Gasteiger charge is -2.30. The van der Waals surface area contributed by atoms with Gasteiger partial charge in [-0.15, -0.1) is 10.2 Å². The number of fused-ring (bicyclic) bond motifs is 1. The minimum absolute atomic E-state index is 0.251. The molecule has 0 fully saturated rings. The highest BCUT2D eigenvalue weighted by molar-refractivity contribution is 6.04. The molecular weight excluding hydrogens is 332 g/mol. The zero-order chi connectivity index (χ0) is 18.1. The Hall–Kier alpha value is -3.07. The molecule has 0 saturated heterocycles. The summed E-state index contributed by atoms with van der Waals surface area (Å²) < 4.78 is 1.92. The number of anilines is 1. The minimum atomic E-state index is -0.251. The number of tetrazole rings is 1. The van der Waals surface area contributed by atoms with Crippen molar-refractivity contribution in [2.75, 3.05) is 11.9 Å². The van der Waals surface area contributed by atoms with Gasteiger partial charge in [-0.05, 0) is 37.3 Å². The molecule has 0 unspecified atom stereocenters. The summed E-state index contributed by atoms with van der Waals surface area (Å²) in [6.45, 7) is 6.88. The predicted molar refractivity (Wildman–Crippen MR) is 95.3 cm³/mol. The van der Waals surface area contributed by atoms with Crippen molar-refractivity contribution in [2.24, 2.45) is 0 Å². The third kappa shape index (κ3) is 3.08. The topological polar surface area (TPSA) is 105 Å². The first-order valence-corrected chi connectivity index (χ1v) is 8.57. The van der Waals surface area contributed by atoms with Crippen LogP contribution in [0.1, 0.15) is 30.0 Å². The third-order valence-electron chi connectivity index (χ3n) is 4.55. The fourth-order valence-corrected chi connectivity index (χ4v) is 3.09. The van der Waals surface area contributed by atoms with Gasteiger partial charge in [-0.25, -0.2) is 0 Å². The quantitative estimate of drug-likeness (QED) is 0.738. The standard InChI is InChI=1S/C17H20N8O/c1-11(2)24-7-8-25-12(10-24)9-15(21-25)17(26)18-14-6-4-3-5-13(14)16-19-22-23-20-16/h3-6,9,11H,7-8,10H2,1-2H3,(H,18,26)(H,19,20,22,23). The summed E-state index contributed by atoms with van der Waals surface area (Å²) in [5.74, 6) is 0.177. The third-order valence-corrected chi connectivity index (χ3v) is 4.55. The average molecular weight is 352 g/mol. The normalized spacial score (nSPS) is 14.4. The minimum Gasteiger partial charge on any atom is -0.320 e. The average Bonchev–Trinajstić information content (AvgIpc) is 3.31. The van der Waals surface area contributed by atoms with Gasteiger partial charge >= 0.3 is 0 Å². The highest BCUT2D eigenvalue weighted by atomic mass is 16.2. The number of benzene rings is 1. The molecule has 2 aromatic heterocycles. The lowest BCUT2D eigenvalue weighted by atomic mass is 10.1. The molecule has 1 aliphatic heterocycles. The van der Waals surface area contributed by atoms with E-state index in [-0.39, 0.29) is 5.91 Å². The van der Waals surface area contributed by atoms with Gasteiger partial charge in [0.15, 0.2) is 5.69 Å². The maximum absolute atomic E-state index is 12.7. The lowest BCUT2D eigenvalue weighted by molar-refractivity contribution is 0.102. The molecule has 9 nitrogen and oxygen atoms in total. The highest BCUT2D eigenvalue weighted by Crippen LogP contribution is 2.24. The summed E-state index contributed by atoms with van der Waals surface area (Å²) in [5, 5.41) is 21.3. The van der Waals surface area contributed by atoms with Gasteiger partial charge in [0.1, 0.15) is 0 Å². The van der Waals surface area contributed by atoms with Crippen LogP contribution in [0, 0.1) is 0 Å². The molecule has 0 aliphatic carbocycles. The Morgan fingerprint density at radius 2 is 2.12 bits per heavy atom. The molecule has 0 spiro atoms. The van der Waals surface area contributed by atoms with Crippen molar-refractivity contribution in [1.29, 1.82) is 0 Å². The second kappa shape index (κ2) is 6.68. The molecule has 4 rings (SSSR count). The van der Waals surface area contributed by atoms with Crippen molar-refractivity contribution < 1.29 is 4.79 Å². The van der Waals surface area contributed by atoms with Crippen LogP contribution in [-0.4, -0.2) is 53.8 Å². The summed E-state index contributed by atoms with van der Waals surface area (Å²) in [7, 11) is 0. The number of rotatable bonds is 4. The number of hydrogen-bond acceptors (Lipinski definition) is 6. The summed E-state index contributed by atoms with van der Waals surface area (Å²) in [6.07, 6.45) is 0. The van der Waals surface area contributed by atoms with Gasteiger partial charge in [-0.3, -0.25) is 14.4 Å². The van der Waals surface area contributed by atoms with E-state index in [2.05, 4.69) is 49.8 Å². The largest absolute Gasteiger partial charge is 0.320 e. The number of H-pyrrole nitrogens is 1. The molecule has 134 valence electrons. The molecule has 2 N–H and O–H groups in total. The zero-order valence-electron chi connectivity index (χ0n) is 14.7. The number of aromatic nitrogens is 6. The molecule has 1 aromatic carbocycles. The van der Waals surface area contributed by atoms with Crippen LogP contribution in [0.4, 0.5) is 5.69 Å². The van der Waals surface area contributed by atoms with Gasteiger partial charge in [0.25, 0.3) is 5.91 Å². The molecule has 1 aliphatic rings. The van der Waals surface area contributed by atoms with Crippen LogP contribution >= 0.6 is 0 Å². The van der Waals surface area contributed by atoms with Crippen LogP contribution in [0.25, 0.3) is 11.4 Å². The molecule has 3 heterocycles. The van der Waals surface area contributed by atoms with Crippen LogP contribution in [0.2, 0.25) is 0 Å². The molecule has 0 radical (unpaired) electrons. The van der Waals surface area contributed by atoms with E-state index in [0.29, 0.717) is 28.8 Å². The van der Waals surface area contributed by atoms with Crippen molar-refractivity contribution in [3.63, 3.8) is 0 Å². The van der Waals surface area contributed by atoms with Crippen molar-refractivity contribution in [3.05, 3.63) is 41.7 Å². The van der Waals surface area contributed by atoms with Crippen LogP contribution in [0.5, 0.6) is 0 Å². The van der Waals surface area contributed by atoms with Gasteiger partial charge in [0.2, 0.25) is 5.82 Å². The Morgan fingerprint density at radius 3 is 2.88 bits per heavy atom. The van der Waals surface area contributed by atoms with Crippen LogP contribution in [-0.2, 0) is 13.1 Å². The number of aromatic amines is 1. The van der Waals surface area contributed by atoms with Crippen molar-refractivity contribution in [1.82, 2.24) is 35.3 Å². The van der Waals surface area contributed by atoms with E-state index in [1.54, 1.807) is 6.07 Å². The first-order valence-electron chi connectivity index (χ1n) is 8.57. The number of carbonyl (C=O) groups excluding carboxylic acids is 1. The SMILES string of the molecule is CC(C)N1CCn2nc(C(=O)Nc3ccccc3-c3nn[nH]n3)cc2C1. The van der Waals surface area contributed by atoms with Crippen molar-refractivity contribution in [3.8, 4) is 11.4 Å². The fourth-order valence-electron chi connectivity index (χ4n) is 3.09. The Morgan fingerprint density at radius 1 is 1.27 bits per heavy atom. The molecule has 0 bridgehead atoms. The summed E-state index contributed by atoms with van der Waals surface area (Å²) in [6, 6.07) is 9.67. The number of para-hydroxylation sites is 1. The van der Waals surface area contributed by atoms with Crippen LogP contribution in [0.3, 0.4) is 0 Å². The second-order valence-electron chi connectivity index (χ2n) is 6.54. The lowest BCUT2D eigenvalue weighted by Crippen LogP contribution is -2.38. The Labute approximate surface area is 150 Å². The smallest absolute Gasteiger partial charge is 0.276 e. The van der Waals surface area contributed by atoms with Crippen molar-refractivity contribution in [2.45, 2.75) is 33.0 Å².